The van der Waals surface area contributed by atoms with Gasteiger partial charge in [0, 0.05) is 44.9 Å². The van der Waals surface area contributed by atoms with Crippen LogP contribution in [0.15, 0.2) is 58.1 Å². The Hall–Kier alpha value is -3.09. The maximum absolute atomic E-state index is 12.2. The second-order valence-corrected chi connectivity index (χ2v) is 5.55. The summed E-state index contributed by atoms with van der Waals surface area (Å²) in [6.07, 6.45) is 4.28. The van der Waals surface area contributed by atoms with Gasteiger partial charge in [-0.05, 0) is 23.8 Å². The van der Waals surface area contributed by atoms with Gasteiger partial charge in [0.05, 0.1) is 5.69 Å². The summed E-state index contributed by atoms with van der Waals surface area (Å²) in [4.78, 5) is 24.9. The molecule has 0 radical (unpaired) electrons. The summed E-state index contributed by atoms with van der Waals surface area (Å²) >= 11 is 0. The Balaban J connectivity index is 1.59. The van der Waals surface area contributed by atoms with E-state index in [1.807, 2.05) is 36.5 Å². The van der Waals surface area contributed by atoms with Crippen molar-refractivity contribution in [2.24, 2.45) is 0 Å². The predicted octanol–water partition coefficient (Wildman–Crippen LogP) is 1.74. The van der Waals surface area contributed by atoms with Gasteiger partial charge in [-0.15, -0.1) is 0 Å². The molecular formula is C17H18N4O3. The number of H-pyrrole nitrogens is 1. The maximum Gasteiger partial charge on any atom is 0.280 e. The standard InChI is InChI=1S/C17H18N4O3/c1-20(17(23)7-6-15-11-16(22)19-24-15)12-13-4-2-5-14(10-13)21-9-3-8-18-21/h2-5,8-11H,6-7,12H2,1H3,(H,19,22). The Kier molecular flexibility index (Phi) is 4.60. The van der Waals surface area contributed by atoms with Gasteiger partial charge in [0.2, 0.25) is 5.91 Å². The van der Waals surface area contributed by atoms with Crippen molar-refractivity contribution < 1.29 is 9.32 Å². The maximum atomic E-state index is 12.2. The number of aromatic amines is 1. The number of hydrogen-bond donors (Lipinski definition) is 1. The zero-order valence-corrected chi connectivity index (χ0v) is 13.3. The molecule has 0 fully saturated rings. The van der Waals surface area contributed by atoms with Crippen LogP contribution in [0.3, 0.4) is 0 Å². The minimum absolute atomic E-state index is 0.0108. The summed E-state index contributed by atoms with van der Waals surface area (Å²) in [6.45, 7) is 0.505. The number of amides is 1. The lowest BCUT2D eigenvalue weighted by molar-refractivity contribution is -0.130. The molecule has 2 heterocycles. The molecule has 1 aromatic carbocycles. The highest BCUT2D eigenvalue weighted by Gasteiger charge is 2.11. The molecule has 1 N–H and O–H groups in total. The molecule has 2 aromatic heterocycles. The first-order valence-corrected chi connectivity index (χ1v) is 7.62. The molecule has 7 nitrogen and oxygen atoms in total. The molecule has 0 unspecified atom stereocenters. The average Bonchev–Trinajstić information content (AvgIpc) is 3.24. The van der Waals surface area contributed by atoms with Crippen LogP contribution in [-0.2, 0) is 17.8 Å². The van der Waals surface area contributed by atoms with Crippen LogP contribution in [0.5, 0.6) is 0 Å². The number of benzene rings is 1. The van der Waals surface area contributed by atoms with Crippen LogP contribution in [0.25, 0.3) is 5.69 Å². The van der Waals surface area contributed by atoms with Crippen molar-refractivity contribution in [1.82, 2.24) is 19.8 Å². The second-order valence-electron chi connectivity index (χ2n) is 5.55. The second kappa shape index (κ2) is 6.99. The number of aromatic nitrogens is 3. The van der Waals surface area contributed by atoms with Gasteiger partial charge in [-0.25, -0.2) is 4.68 Å². The molecule has 3 rings (SSSR count). The van der Waals surface area contributed by atoms with Crippen LogP contribution in [0.4, 0.5) is 0 Å². The highest BCUT2D eigenvalue weighted by Crippen LogP contribution is 2.12. The molecule has 0 aliphatic carbocycles. The largest absolute Gasteiger partial charge is 0.384 e. The Morgan fingerprint density at radius 3 is 2.92 bits per heavy atom. The molecule has 124 valence electrons. The SMILES string of the molecule is CN(Cc1cccc(-n2cccn2)c1)C(=O)CCc1cc(=O)[nH]o1. The molecule has 1 amide bonds. The van der Waals surface area contributed by atoms with Crippen LogP contribution in [0.1, 0.15) is 17.7 Å². The topological polar surface area (TPSA) is 84.1 Å². The van der Waals surface area contributed by atoms with Crippen molar-refractivity contribution >= 4 is 5.91 Å². The number of carbonyl (C=O) groups excluding carboxylic acids is 1. The lowest BCUT2D eigenvalue weighted by atomic mass is 10.1. The lowest BCUT2D eigenvalue weighted by Gasteiger charge is -2.17. The van der Waals surface area contributed by atoms with Crippen molar-refractivity contribution in [1.29, 1.82) is 0 Å². The number of nitrogens with one attached hydrogen (secondary N) is 1. The summed E-state index contributed by atoms with van der Waals surface area (Å²) in [7, 11) is 1.76. The van der Waals surface area contributed by atoms with E-state index >= 15 is 0 Å². The zero-order valence-electron chi connectivity index (χ0n) is 13.3. The molecule has 24 heavy (non-hydrogen) atoms. The summed E-state index contributed by atoms with van der Waals surface area (Å²) in [6, 6.07) is 11.1. The first-order valence-electron chi connectivity index (χ1n) is 7.62. The van der Waals surface area contributed by atoms with Gasteiger partial charge in [0.25, 0.3) is 5.56 Å². The van der Waals surface area contributed by atoms with E-state index in [-0.39, 0.29) is 17.9 Å². The molecule has 7 heteroatoms. The highest BCUT2D eigenvalue weighted by atomic mass is 16.5. The molecule has 3 aromatic rings. The molecule has 0 aliphatic heterocycles. The zero-order chi connectivity index (χ0) is 16.9. The van der Waals surface area contributed by atoms with Gasteiger partial charge in [-0.1, -0.05) is 12.1 Å². The molecule has 0 bridgehead atoms. The van der Waals surface area contributed by atoms with E-state index < -0.39 is 0 Å². The van der Waals surface area contributed by atoms with E-state index in [2.05, 4.69) is 10.3 Å². The van der Waals surface area contributed by atoms with Crippen molar-refractivity contribution in [3.05, 3.63) is 70.5 Å². The quantitative estimate of drug-likeness (QED) is 0.748. The van der Waals surface area contributed by atoms with E-state index in [4.69, 9.17) is 4.52 Å². The molecule has 0 aliphatic rings. The van der Waals surface area contributed by atoms with Crippen LogP contribution in [0, 0.1) is 0 Å². The normalized spacial score (nSPS) is 10.7. The van der Waals surface area contributed by atoms with Gasteiger partial charge in [-0.2, -0.15) is 10.3 Å². The predicted molar refractivity (Wildman–Crippen MR) is 87.7 cm³/mol. The van der Waals surface area contributed by atoms with Crippen LogP contribution >= 0.6 is 0 Å². The third kappa shape index (κ3) is 3.81. The highest BCUT2D eigenvalue weighted by molar-refractivity contribution is 5.76. The number of aryl methyl sites for hydroxylation is 1. The fraction of sp³-hybridized carbons (Fsp3) is 0.235. The molecule has 0 saturated heterocycles. The van der Waals surface area contributed by atoms with Crippen molar-refractivity contribution in [2.75, 3.05) is 7.05 Å². The first-order chi connectivity index (χ1) is 11.6. The third-order valence-corrected chi connectivity index (χ3v) is 3.69. The van der Waals surface area contributed by atoms with Crippen LogP contribution < -0.4 is 5.56 Å². The van der Waals surface area contributed by atoms with E-state index in [0.717, 1.165) is 11.3 Å². The Bertz CT molecular complexity index is 864. The number of hydrogen-bond acceptors (Lipinski definition) is 4. The fourth-order valence-corrected chi connectivity index (χ4v) is 2.45. The minimum atomic E-state index is -0.291. The van der Waals surface area contributed by atoms with Gasteiger partial charge >= 0.3 is 0 Å². The monoisotopic (exact) mass is 326 g/mol. The Morgan fingerprint density at radius 2 is 2.21 bits per heavy atom. The molecular weight excluding hydrogens is 308 g/mol. The van der Waals surface area contributed by atoms with Crippen molar-refractivity contribution in [3.8, 4) is 5.69 Å². The van der Waals surface area contributed by atoms with Gasteiger partial charge in [-0.3, -0.25) is 9.59 Å². The van der Waals surface area contributed by atoms with Gasteiger partial charge in [0.1, 0.15) is 5.76 Å². The van der Waals surface area contributed by atoms with Crippen molar-refractivity contribution in [3.63, 3.8) is 0 Å². The van der Waals surface area contributed by atoms with E-state index in [0.29, 0.717) is 18.7 Å². The van der Waals surface area contributed by atoms with E-state index in [1.54, 1.807) is 22.8 Å². The van der Waals surface area contributed by atoms with E-state index in [1.165, 1.54) is 6.07 Å². The van der Waals surface area contributed by atoms with Crippen LogP contribution in [0.2, 0.25) is 0 Å². The number of nitrogens with zero attached hydrogens (tertiary/aromatic N) is 3. The first kappa shape index (κ1) is 15.8. The van der Waals surface area contributed by atoms with Gasteiger partial charge < -0.3 is 9.42 Å². The summed E-state index contributed by atoms with van der Waals surface area (Å²) in [5.74, 6) is 0.478. The van der Waals surface area contributed by atoms with E-state index in [9.17, 15) is 9.59 Å². The van der Waals surface area contributed by atoms with Gasteiger partial charge in [0.15, 0.2) is 0 Å². The molecule has 0 spiro atoms. The summed E-state index contributed by atoms with van der Waals surface area (Å²) < 4.78 is 6.73. The van der Waals surface area contributed by atoms with Crippen molar-refractivity contribution in [2.45, 2.75) is 19.4 Å². The summed E-state index contributed by atoms with van der Waals surface area (Å²) in [5.41, 5.74) is 1.68. The smallest absolute Gasteiger partial charge is 0.280 e. The molecule has 0 saturated carbocycles. The average molecular weight is 326 g/mol. The number of rotatable bonds is 6. The minimum Gasteiger partial charge on any atom is -0.384 e. The third-order valence-electron chi connectivity index (χ3n) is 3.69. The lowest BCUT2D eigenvalue weighted by Crippen LogP contribution is -2.26. The summed E-state index contributed by atoms with van der Waals surface area (Å²) in [5, 5.41) is 6.42. The van der Waals surface area contributed by atoms with Crippen LogP contribution in [-0.4, -0.2) is 32.8 Å². The Morgan fingerprint density at radius 1 is 1.33 bits per heavy atom. The molecule has 0 atom stereocenters. The Labute approximate surface area is 138 Å². The fourth-order valence-electron chi connectivity index (χ4n) is 2.45. The number of carbonyl (C=O) groups is 1.